The van der Waals surface area contributed by atoms with Crippen molar-refractivity contribution in [2.45, 2.75) is 25.3 Å². The van der Waals surface area contributed by atoms with Crippen LogP contribution in [0.25, 0.3) is 10.4 Å². The largest absolute Gasteiger partial charge is 0.368 e. The van der Waals surface area contributed by atoms with Crippen LogP contribution in [0.2, 0.25) is 0 Å². The van der Waals surface area contributed by atoms with E-state index in [1.807, 2.05) is 6.92 Å². The molecule has 1 amide bonds. The van der Waals surface area contributed by atoms with Crippen LogP contribution < -0.4 is 11.1 Å². The van der Waals surface area contributed by atoms with E-state index < -0.39 is 11.4 Å². The molecule has 1 rings (SSSR count). The van der Waals surface area contributed by atoms with Crippen molar-refractivity contribution in [2.24, 2.45) is 10.8 Å². The Labute approximate surface area is 116 Å². The van der Waals surface area contributed by atoms with E-state index in [0.717, 1.165) is 0 Å². The molecule has 0 aliphatic heterocycles. The fraction of sp³-hybridized carbons (Fsp3) is 0.462. The van der Waals surface area contributed by atoms with Crippen molar-refractivity contribution in [1.82, 2.24) is 5.32 Å². The van der Waals surface area contributed by atoms with Gasteiger partial charge in [0.1, 0.15) is 11.4 Å². The summed E-state index contributed by atoms with van der Waals surface area (Å²) >= 11 is 0. The Morgan fingerprint density at radius 1 is 1.50 bits per heavy atom. The van der Waals surface area contributed by atoms with Crippen molar-refractivity contribution in [3.8, 4) is 0 Å². The Morgan fingerprint density at radius 2 is 2.15 bits per heavy atom. The number of hydrogen-bond acceptors (Lipinski definition) is 3. The van der Waals surface area contributed by atoms with Crippen molar-refractivity contribution in [3.05, 3.63) is 46.1 Å². The average Bonchev–Trinajstić information content (AvgIpc) is 2.44. The van der Waals surface area contributed by atoms with Gasteiger partial charge in [-0.1, -0.05) is 24.2 Å². The highest BCUT2D eigenvalue weighted by Crippen LogP contribution is 2.25. The lowest BCUT2D eigenvalue weighted by Crippen LogP contribution is -2.52. The van der Waals surface area contributed by atoms with Crippen LogP contribution in [0.4, 0.5) is 4.39 Å². The molecule has 0 aromatic heterocycles. The van der Waals surface area contributed by atoms with E-state index in [-0.39, 0.29) is 5.82 Å². The van der Waals surface area contributed by atoms with Crippen LogP contribution in [0, 0.1) is 5.82 Å². The van der Waals surface area contributed by atoms with Gasteiger partial charge in [-0.2, -0.15) is 0 Å². The van der Waals surface area contributed by atoms with Gasteiger partial charge in [-0.3, -0.25) is 10.1 Å². The van der Waals surface area contributed by atoms with E-state index >= 15 is 0 Å². The summed E-state index contributed by atoms with van der Waals surface area (Å²) in [6, 6.07) is 5.68. The Bertz CT molecular complexity index is 498. The lowest BCUT2D eigenvalue weighted by atomic mass is 9.86. The fourth-order valence-electron chi connectivity index (χ4n) is 2.07. The van der Waals surface area contributed by atoms with Crippen molar-refractivity contribution >= 4 is 5.91 Å². The van der Waals surface area contributed by atoms with E-state index in [1.54, 1.807) is 12.1 Å². The topological polar surface area (TPSA) is 104 Å². The summed E-state index contributed by atoms with van der Waals surface area (Å²) in [5.41, 5.74) is 13.3. The molecule has 1 aromatic rings. The highest BCUT2D eigenvalue weighted by atomic mass is 19.1. The number of nitrogens with zero attached hydrogens (tertiary/aromatic N) is 3. The van der Waals surface area contributed by atoms with Crippen LogP contribution in [0.5, 0.6) is 0 Å². The minimum absolute atomic E-state index is 0.339. The van der Waals surface area contributed by atoms with Crippen LogP contribution >= 0.6 is 0 Å². The van der Waals surface area contributed by atoms with Crippen LogP contribution in [-0.4, -0.2) is 19.0 Å². The normalized spacial score (nSPS) is 13.3. The van der Waals surface area contributed by atoms with E-state index in [4.69, 9.17) is 11.3 Å². The van der Waals surface area contributed by atoms with Crippen LogP contribution in [0.1, 0.15) is 25.3 Å². The van der Waals surface area contributed by atoms with Gasteiger partial charge in [-0.25, -0.2) is 4.39 Å². The van der Waals surface area contributed by atoms with E-state index in [1.165, 1.54) is 12.1 Å². The molecule has 1 unspecified atom stereocenters. The number of halogens is 1. The zero-order valence-corrected chi connectivity index (χ0v) is 11.3. The van der Waals surface area contributed by atoms with Gasteiger partial charge in [0.2, 0.25) is 5.91 Å². The third kappa shape index (κ3) is 3.69. The molecule has 3 N–H and O–H groups in total. The minimum atomic E-state index is -1.04. The van der Waals surface area contributed by atoms with E-state index in [9.17, 15) is 9.18 Å². The molecule has 108 valence electrons. The number of azide groups is 1. The Kier molecular flexibility index (Phi) is 5.96. The van der Waals surface area contributed by atoms with Crippen molar-refractivity contribution in [2.75, 3.05) is 13.1 Å². The molecular weight excluding hydrogens is 261 g/mol. The molecule has 0 aliphatic rings. The van der Waals surface area contributed by atoms with Crippen molar-refractivity contribution < 1.29 is 9.18 Å². The fourth-order valence-corrected chi connectivity index (χ4v) is 2.07. The van der Waals surface area contributed by atoms with Gasteiger partial charge in [0, 0.05) is 11.5 Å². The molecule has 20 heavy (non-hydrogen) atoms. The lowest BCUT2D eigenvalue weighted by Gasteiger charge is -2.31. The predicted molar refractivity (Wildman–Crippen MR) is 74.2 cm³/mol. The number of amides is 1. The van der Waals surface area contributed by atoms with Gasteiger partial charge in [0.25, 0.3) is 0 Å². The van der Waals surface area contributed by atoms with Gasteiger partial charge in [-0.05, 0) is 42.6 Å². The highest BCUT2D eigenvalue weighted by Gasteiger charge is 2.35. The van der Waals surface area contributed by atoms with Gasteiger partial charge in [0.05, 0.1) is 0 Å². The van der Waals surface area contributed by atoms with Crippen molar-refractivity contribution in [3.63, 3.8) is 0 Å². The average molecular weight is 279 g/mol. The number of primary amides is 1. The SMILES string of the molecule is CCC(NCCCN=[N+]=[N-])(C(N)=O)c1ccc(F)cc1. The molecule has 6 nitrogen and oxygen atoms in total. The summed E-state index contributed by atoms with van der Waals surface area (Å²) < 4.78 is 13.0. The van der Waals surface area contributed by atoms with Gasteiger partial charge in [0.15, 0.2) is 0 Å². The minimum Gasteiger partial charge on any atom is -0.368 e. The lowest BCUT2D eigenvalue weighted by molar-refractivity contribution is -0.125. The number of benzene rings is 1. The smallest absolute Gasteiger partial charge is 0.242 e. The van der Waals surface area contributed by atoms with E-state index in [2.05, 4.69) is 15.3 Å². The molecule has 7 heteroatoms. The first-order valence-corrected chi connectivity index (χ1v) is 6.38. The molecule has 0 aliphatic carbocycles. The van der Waals surface area contributed by atoms with Gasteiger partial charge >= 0.3 is 0 Å². The predicted octanol–water partition coefficient (Wildman–Crippen LogP) is 2.21. The van der Waals surface area contributed by atoms with Crippen LogP contribution in [0.3, 0.4) is 0 Å². The number of nitrogens with one attached hydrogen (secondary N) is 1. The number of rotatable bonds is 8. The Hall–Kier alpha value is -2.11. The first-order chi connectivity index (χ1) is 9.56. The number of carbonyl (C=O) groups excluding carboxylic acids is 1. The third-order valence-corrected chi connectivity index (χ3v) is 3.21. The number of nitrogens with two attached hydrogens (primary N) is 1. The maximum absolute atomic E-state index is 13.0. The molecule has 0 heterocycles. The second kappa shape index (κ2) is 7.47. The van der Waals surface area contributed by atoms with Crippen LogP contribution in [-0.2, 0) is 10.3 Å². The maximum Gasteiger partial charge on any atom is 0.242 e. The zero-order valence-electron chi connectivity index (χ0n) is 11.3. The summed E-state index contributed by atoms with van der Waals surface area (Å²) in [7, 11) is 0. The standard InChI is InChI=1S/C13H18FN5O/c1-2-13(12(15)20,17-8-3-9-18-19-16)10-4-6-11(14)7-5-10/h4-7,17H,2-3,8-9H2,1H3,(H2,15,20). The maximum atomic E-state index is 13.0. The number of carbonyl (C=O) groups is 1. The molecule has 0 saturated carbocycles. The third-order valence-electron chi connectivity index (χ3n) is 3.21. The summed E-state index contributed by atoms with van der Waals surface area (Å²) in [6.07, 6.45) is 1.02. The molecule has 1 atom stereocenters. The van der Waals surface area contributed by atoms with E-state index in [0.29, 0.717) is 31.5 Å². The number of hydrogen-bond donors (Lipinski definition) is 2. The van der Waals surface area contributed by atoms with Gasteiger partial charge < -0.3 is 5.73 Å². The molecule has 1 aromatic carbocycles. The molecule has 0 radical (unpaired) electrons. The summed E-state index contributed by atoms with van der Waals surface area (Å²) in [5, 5.41) is 6.52. The first kappa shape index (κ1) is 15.9. The molecule has 0 fully saturated rings. The summed E-state index contributed by atoms with van der Waals surface area (Å²) in [4.78, 5) is 14.5. The monoisotopic (exact) mass is 279 g/mol. The quantitative estimate of drug-likeness (QED) is 0.329. The zero-order chi connectivity index (χ0) is 15.0. The first-order valence-electron chi connectivity index (χ1n) is 6.38. The molecule has 0 spiro atoms. The van der Waals surface area contributed by atoms with Crippen LogP contribution in [0.15, 0.2) is 29.4 Å². The van der Waals surface area contributed by atoms with Crippen molar-refractivity contribution in [1.29, 1.82) is 0 Å². The summed E-state index contributed by atoms with van der Waals surface area (Å²) in [6.45, 7) is 2.63. The molecule has 0 saturated heterocycles. The molecule has 0 bridgehead atoms. The second-order valence-corrected chi connectivity index (χ2v) is 4.36. The van der Waals surface area contributed by atoms with Gasteiger partial charge in [-0.15, -0.1) is 0 Å². The Balaban J connectivity index is 2.88. The second-order valence-electron chi connectivity index (χ2n) is 4.36. The Morgan fingerprint density at radius 3 is 2.65 bits per heavy atom. The molecular formula is C13H18FN5O. The highest BCUT2D eigenvalue weighted by molar-refractivity contribution is 5.86. The summed E-state index contributed by atoms with van der Waals surface area (Å²) in [5.74, 6) is -0.887.